The van der Waals surface area contributed by atoms with E-state index in [0.717, 1.165) is 12.1 Å². The number of rotatable bonds is 6. The Balaban J connectivity index is 2.77. The second kappa shape index (κ2) is 6.78. The molecule has 0 aromatic heterocycles. The molecule has 0 fully saturated rings. The number of nitrogens with zero attached hydrogens (tertiary/aromatic N) is 1. The van der Waals surface area contributed by atoms with E-state index >= 15 is 0 Å². The summed E-state index contributed by atoms with van der Waals surface area (Å²) in [5.41, 5.74) is -1.01. The first-order chi connectivity index (χ1) is 8.99. The number of nitriles is 1. The topological polar surface area (TPSA) is 50.1 Å². The lowest BCUT2D eigenvalue weighted by atomic mass is 10.1. The number of alkyl halides is 3. The average Bonchev–Trinajstić information content (AvgIpc) is 2.37. The van der Waals surface area contributed by atoms with Crippen molar-refractivity contribution in [3.8, 4) is 11.8 Å². The predicted octanol–water partition coefficient (Wildman–Crippen LogP) is 3.59. The molecule has 0 unspecified atom stereocenters. The van der Waals surface area contributed by atoms with Crippen LogP contribution >= 0.6 is 0 Å². The third kappa shape index (κ3) is 4.62. The van der Waals surface area contributed by atoms with Gasteiger partial charge in [0.2, 0.25) is 0 Å². The molecule has 0 amide bonds. The van der Waals surface area contributed by atoms with Gasteiger partial charge in [0.1, 0.15) is 12.0 Å². The minimum atomic E-state index is -4.57. The first-order valence-corrected chi connectivity index (χ1v) is 5.65. The molecule has 0 aliphatic heterocycles. The molecule has 0 atom stereocenters. The summed E-state index contributed by atoms with van der Waals surface area (Å²) in [6.07, 6.45) is -2.79. The van der Waals surface area contributed by atoms with E-state index in [1.807, 2.05) is 6.07 Å². The molecule has 0 radical (unpaired) electrons. The number of carbonyl (C=O) groups is 1. The summed E-state index contributed by atoms with van der Waals surface area (Å²) < 4.78 is 43.3. The van der Waals surface area contributed by atoms with Crippen molar-refractivity contribution in [2.24, 2.45) is 0 Å². The average molecular weight is 271 g/mol. The highest BCUT2D eigenvalue weighted by Gasteiger charge is 2.34. The summed E-state index contributed by atoms with van der Waals surface area (Å²) in [7, 11) is 0. The molecule has 0 aliphatic rings. The zero-order valence-electron chi connectivity index (χ0n) is 10.0. The number of benzene rings is 1. The maximum atomic E-state index is 12.8. The molecular formula is C13H12F3NO2. The van der Waals surface area contributed by atoms with Gasteiger partial charge in [0.15, 0.2) is 0 Å². The van der Waals surface area contributed by atoms with Crippen LogP contribution in [0.4, 0.5) is 13.2 Å². The Hall–Kier alpha value is -2.03. The molecule has 1 aromatic rings. The van der Waals surface area contributed by atoms with Gasteiger partial charge in [0, 0.05) is 12.0 Å². The Morgan fingerprint density at radius 2 is 2.05 bits per heavy atom. The fraction of sp³-hybridized carbons (Fsp3) is 0.385. The van der Waals surface area contributed by atoms with Crippen molar-refractivity contribution < 1.29 is 22.7 Å². The molecule has 19 heavy (non-hydrogen) atoms. The van der Waals surface area contributed by atoms with Crippen molar-refractivity contribution in [1.82, 2.24) is 0 Å². The van der Waals surface area contributed by atoms with E-state index < -0.39 is 11.7 Å². The van der Waals surface area contributed by atoms with Crippen LogP contribution in [0.1, 0.15) is 35.2 Å². The van der Waals surface area contributed by atoms with E-state index in [1.54, 1.807) is 0 Å². The lowest BCUT2D eigenvalue weighted by Gasteiger charge is -2.14. The van der Waals surface area contributed by atoms with Gasteiger partial charge in [0.05, 0.1) is 18.2 Å². The number of ether oxygens (including phenoxy) is 1. The standard InChI is InChI=1S/C13H12F3NO2/c14-13(15,16)11-8-10(9-18)4-5-12(11)19-7-3-1-2-6-17/h4-5,8-9H,1-3,7H2. The molecule has 3 nitrogen and oxygen atoms in total. The number of unbranched alkanes of at least 4 members (excludes halogenated alkanes) is 2. The van der Waals surface area contributed by atoms with Crippen molar-refractivity contribution in [2.45, 2.75) is 25.4 Å². The summed E-state index contributed by atoms with van der Waals surface area (Å²) in [6, 6.07) is 5.11. The van der Waals surface area contributed by atoms with Crippen LogP contribution in [-0.4, -0.2) is 12.9 Å². The quantitative estimate of drug-likeness (QED) is 0.586. The lowest BCUT2D eigenvalue weighted by molar-refractivity contribution is -0.139. The van der Waals surface area contributed by atoms with Crippen LogP contribution in [0.3, 0.4) is 0 Å². The van der Waals surface area contributed by atoms with E-state index in [2.05, 4.69) is 0 Å². The van der Waals surface area contributed by atoms with Gasteiger partial charge in [-0.05, 0) is 31.0 Å². The Morgan fingerprint density at radius 1 is 1.32 bits per heavy atom. The highest BCUT2D eigenvalue weighted by Crippen LogP contribution is 2.36. The van der Waals surface area contributed by atoms with Crippen molar-refractivity contribution in [3.63, 3.8) is 0 Å². The molecule has 1 aromatic carbocycles. The van der Waals surface area contributed by atoms with Gasteiger partial charge < -0.3 is 4.74 Å². The number of aldehydes is 1. The predicted molar refractivity (Wildman–Crippen MR) is 61.8 cm³/mol. The maximum absolute atomic E-state index is 12.8. The van der Waals surface area contributed by atoms with Gasteiger partial charge in [-0.25, -0.2) is 0 Å². The van der Waals surface area contributed by atoms with Crippen LogP contribution in [0, 0.1) is 11.3 Å². The largest absolute Gasteiger partial charge is 0.493 e. The summed E-state index contributed by atoms with van der Waals surface area (Å²) in [5, 5.41) is 8.32. The summed E-state index contributed by atoms with van der Waals surface area (Å²) in [6.45, 7) is 0.102. The molecule has 0 N–H and O–H groups in total. The number of halogens is 3. The highest BCUT2D eigenvalue weighted by molar-refractivity contribution is 5.75. The third-order valence-electron chi connectivity index (χ3n) is 2.39. The molecule has 0 heterocycles. The molecule has 0 saturated heterocycles. The minimum absolute atomic E-state index is 0.0517. The first-order valence-electron chi connectivity index (χ1n) is 5.65. The summed E-state index contributed by atoms with van der Waals surface area (Å²) in [5.74, 6) is -0.296. The van der Waals surface area contributed by atoms with Gasteiger partial charge in [-0.1, -0.05) is 0 Å². The van der Waals surface area contributed by atoms with Gasteiger partial charge >= 0.3 is 6.18 Å². The van der Waals surface area contributed by atoms with Crippen molar-refractivity contribution >= 4 is 6.29 Å². The van der Waals surface area contributed by atoms with E-state index in [9.17, 15) is 18.0 Å². The monoisotopic (exact) mass is 271 g/mol. The molecule has 0 aliphatic carbocycles. The van der Waals surface area contributed by atoms with Crippen LogP contribution in [0.5, 0.6) is 5.75 Å². The Morgan fingerprint density at radius 3 is 2.63 bits per heavy atom. The van der Waals surface area contributed by atoms with Gasteiger partial charge in [-0.15, -0.1) is 0 Å². The van der Waals surface area contributed by atoms with Crippen LogP contribution < -0.4 is 4.74 Å². The molecule has 1 rings (SSSR count). The SMILES string of the molecule is N#CCCCCOc1ccc(C=O)cc1C(F)(F)F. The van der Waals surface area contributed by atoms with Crippen molar-refractivity contribution in [1.29, 1.82) is 5.26 Å². The van der Waals surface area contributed by atoms with Gasteiger partial charge in [0.25, 0.3) is 0 Å². The molecular weight excluding hydrogens is 259 g/mol. The fourth-order valence-corrected chi connectivity index (χ4v) is 1.46. The van der Waals surface area contributed by atoms with E-state index in [4.69, 9.17) is 10.00 Å². The normalized spacial score (nSPS) is 10.8. The number of hydrogen-bond acceptors (Lipinski definition) is 3. The summed E-state index contributed by atoms with van der Waals surface area (Å²) >= 11 is 0. The Bertz CT molecular complexity index is 478. The molecule has 0 bridgehead atoms. The van der Waals surface area contributed by atoms with E-state index in [-0.39, 0.29) is 17.9 Å². The smallest absolute Gasteiger partial charge is 0.419 e. The van der Waals surface area contributed by atoms with Crippen LogP contribution in [0.25, 0.3) is 0 Å². The first kappa shape index (κ1) is 15.0. The molecule has 6 heteroatoms. The van der Waals surface area contributed by atoms with Crippen LogP contribution in [0.2, 0.25) is 0 Å². The van der Waals surface area contributed by atoms with Gasteiger partial charge in [-0.3, -0.25) is 4.79 Å². The zero-order valence-corrected chi connectivity index (χ0v) is 10.0. The van der Waals surface area contributed by atoms with Crippen LogP contribution in [-0.2, 0) is 6.18 Å². The summed E-state index contributed by atoms with van der Waals surface area (Å²) in [4.78, 5) is 10.5. The second-order valence-corrected chi connectivity index (χ2v) is 3.83. The molecule has 0 saturated carbocycles. The third-order valence-corrected chi connectivity index (χ3v) is 2.39. The lowest BCUT2D eigenvalue weighted by Crippen LogP contribution is -2.10. The zero-order chi connectivity index (χ0) is 14.3. The fourth-order valence-electron chi connectivity index (χ4n) is 1.46. The second-order valence-electron chi connectivity index (χ2n) is 3.83. The van der Waals surface area contributed by atoms with Crippen molar-refractivity contribution in [2.75, 3.05) is 6.61 Å². The van der Waals surface area contributed by atoms with E-state index in [1.165, 1.54) is 6.07 Å². The number of hydrogen-bond donors (Lipinski definition) is 0. The van der Waals surface area contributed by atoms with Gasteiger partial charge in [-0.2, -0.15) is 18.4 Å². The molecule has 0 spiro atoms. The highest BCUT2D eigenvalue weighted by atomic mass is 19.4. The van der Waals surface area contributed by atoms with Crippen LogP contribution in [0.15, 0.2) is 18.2 Å². The number of carbonyl (C=O) groups excluding carboxylic acids is 1. The van der Waals surface area contributed by atoms with Crippen molar-refractivity contribution in [3.05, 3.63) is 29.3 Å². The minimum Gasteiger partial charge on any atom is -0.493 e. The Labute approximate surface area is 108 Å². The molecule has 102 valence electrons. The maximum Gasteiger partial charge on any atom is 0.419 e. The van der Waals surface area contributed by atoms with E-state index in [0.29, 0.717) is 25.5 Å². The Kier molecular flexibility index (Phi) is 5.37.